The molecule has 1 saturated heterocycles. The summed E-state index contributed by atoms with van der Waals surface area (Å²) in [4.78, 5) is 32.2. The number of rotatable bonds is 5. The normalized spacial score (nSPS) is 16.3. The average molecular weight is 391 g/mol. The summed E-state index contributed by atoms with van der Waals surface area (Å²) < 4.78 is 0. The molecule has 2 aromatic carbocycles. The van der Waals surface area contributed by atoms with Gasteiger partial charge in [-0.3, -0.25) is 9.59 Å². The van der Waals surface area contributed by atoms with Crippen molar-refractivity contribution >= 4 is 28.3 Å². The highest BCUT2D eigenvalue weighted by molar-refractivity contribution is 7.13. The molecule has 1 aromatic heterocycles. The van der Waals surface area contributed by atoms with Crippen LogP contribution in [0.15, 0.2) is 72.2 Å². The van der Waals surface area contributed by atoms with Crippen molar-refractivity contribution in [1.29, 1.82) is 0 Å². The molecule has 5 nitrogen and oxygen atoms in total. The molecule has 2 heterocycles. The highest BCUT2D eigenvalue weighted by atomic mass is 32.1. The van der Waals surface area contributed by atoms with Crippen LogP contribution in [0.1, 0.15) is 29.9 Å². The fraction of sp³-hybridized carbons (Fsp3) is 0.227. The fourth-order valence-corrected chi connectivity index (χ4v) is 4.24. The second-order valence-corrected chi connectivity index (χ2v) is 7.67. The van der Waals surface area contributed by atoms with Gasteiger partial charge in [0.1, 0.15) is 6.04 Å². The van der Waals surface area contributed by atoms with Crippen LogP contribution in [0.2, 0.25) is 0 Å². The molecule has 1 aliphatic heterocycles. The van der Waals surface area contributed by atoms with Crippen LogP contribution in [0.25, 0.3) is 0 Å². The van der Waals surface area contributed by atoms with Gasteiger partial charge in [-0.1, -0.05) is 60.7 Å². The lowest BCUT2D eigenvalue weighted by molar-refractivity contribution is -0.137. The predicted molar refractivity (Wildman–Crippen MR) is 110 cm³/mol. The SMILES string of the molecule is O=C(Nc1nccs1)C1CCCN1C(=O)C(c1ccccc1)c1ccccc1. The Morgan fingerprint density at radius 1 is 1.04 bits per heavy atom. The van der Waals surface area contributed by atoms with E-state index in [-0.39, 0.29) is 11.8 Å². The summed E-state index contributed by atoms with van der Waals surface area (Å²) in [6.07, 6.45) is 3.13. The van der Waals surface area contributed by atoms with Crippen LogP contribution in [0, 0.1) is 0 Å². The number of hydrogen-bond acceptors (Lipinski definition) is 4. The van der Waals surface area contributed by atoms with Crippen LogP contribution < -0.4 is 5.32 Å². The molecule has 1 aliphatic rings. The maximum absolute atomic E-state index is 13.6. The highest BCUT2D eigenvalue weighted by Crippen LogP contribution is 2.30. The molecule has 3 aromatic rings. The first kappa shape index (κ1) is 18.4. The third-order valence-electron chi connectivity index (χ3n) is 5.01. The number of benzene rings is 2. The lowest BCUT2D eigenvalue weighted by Crippen LogP contribution is -2.45. The molecule has 0 saturated carbocycles. The van der Waals surface area contributed by atoms with E-state index in [4.69, 9.17) is 0 Å². The number of carbonyl (C=O) groups is 2. The van der Waals surface area contributed by atoms with Crippen LogP contribution in [0.4, 0.5) is 5.13 Å². The van der Waals surface area contributed by atoms with Gasteiger partial charge in [-0.05, 0) is 24.0 Å². The summed E-state index contributed by atoms with van der Waals surface area (Å²) in [6, 6.07) is 19.0. The Morgan fingerprint density at radius 2 is 1.68 bits per heavy atom. The number of likely N-dealkylation sites (tertiary alicyclic amines) is 1. The van der Waals surface area contributed by atoms with Crippen molar-refractivity contribution in [3.05, 3.63) is 83.4 Å². The molecule has 142 valence electrons. The zero-order valence-electron chi connectivity index (χ0n) is 15.3. The van der Waals surface area contributed by atoms with E-state index in [9.17, 15) is 9.59 Å². The number of nitrogens with zero attached hydrogens (tertiary/aromatic N) is 2. The lowest BCUT2D eigenvalue weighted by atomic mass is 9.90. The first-order chi connectivity index (χ1) is 13.7. The summed E-state index contributed by atoms with van der Waals surface area (Å²) in [5.41, 5.74) is 1.87. The molecule has 6 heteroatoms. The Morgan fingerprint density at radius 3 is 2.25 bits per heavy atom. The summed E-state index contributed by atoms with van der Waals surface area (Å²) in [5.74, 6) is -0.620. The van der Waals surface area contributed by atoms with Gasteiger partial charge < -0.3 is 10.2 Å². The van der Waals surface area contributed by atoms with E-state index in [1.807, 2.05) is 66.0 Å². The Labute approximate surface area is 168 Å². The van der Waals surface area contributed by atoms with Gasteiger partial charge in [0.2, 0.25) is 11.8 Å². The Balaban J connectivity index is 1.61. The zero-order valence-corrected chi connectivity index (χ0v) is 16.1. The topological polar surface area (TPSA) is 62.3 Å². The molecule has 1 atom stereocenters. The highest BCUT2D eigenvalue weighted by Gasteiger charge is 2.38. The van der Waals surface area contributed by atoms with Gasteiger partial charge in [0.15, 0.2) is 5.13 Å². The quantitative estimate of drug-likeness (QED) is 0.717. The van der Waals surface area contributed by atoms with Crippen molar-refractivity contribution in [3.63, 3.8) is 0 Å². The van der Waals surface area contributed by atoms with Gasteiger partial charge in [0, 0.05) is 18.1 Å². The van der Waals surface area contributed by atoms with Crippen LogP contribution in [0.3, 0.4) is 0 Å². The largest absolute Gasteiger partial charge is 0.330 e. The second kappa shape index (κ2) is 8.35. The minimum atomic E-state index is -0.466. The number of carbonyl (C=O) groups excluding carboxylic acids is 2. The van der Waals surface area contributed by atoms with Crippen LogP contribution in [-0.2, 0) is 9.59 Å². The summed E-state index contributed by atoms with van der Waals surface area (Å²) >= 11 is 1.37. The molecule has 1 unspecified atom stereocenters. The lowest BCUT2D eigenvalue weighted by Gasteiger charge is -2.28. The monoisotopic (exact) mass is 391 g/mol. The molecule has 0 bridgehead atoms. The number of aromatic nitrogens is 1. The molecule has 4 rings (SSSR count). The first-order valence-electron chi connectivity index (χ1n) is 9.35. The maximum Gasteiger partial charge on any atom is 0.248 e. The van der Waals surface area contributed by atoms with Gasteiger partial charge >= 0.3 is 0 Å². The van der Waals surface area contributed by atoms with Gasteiger partial charge in [-0.2, -0.15) is 0 Å². The first-order valence-corrected chi connectivity index (χ1v) is 10.2. The Bertz CT molecular complexity index is 889. The van der Waals surface area contributed by atoms with E-state index in [1.165, 1.54) is 11.3 Å². The van der Waals surface area contributed by atoms with E-state index >= 15 is 0 Å². The minimum absolute atomic E-state index is 0.0332. The molecule has 2 amide bonds. The van der Waals surface area contributed by atoms with Crippen LogP contribution in [-0.4, -0.2) is 34.3 Å². The van der Waals surface area contributed by atoms with Gasteiger partial charge in [0.05, 0.1) is 5.92 Å². The molecular formula is C22H21N3O2S. The van der Waals surface area contributed by atoms with Crippen molar-refractivity contribution in [2.75, 3.05) is 11.9 Å². The van der Waals surface area contributed by atoms with Crippen molar-refractivity contribution < 1.29 is 9.59 Å². The molecule has 1 N–H and O–H groups in total. The third-order valence-corrected chi connectivity index (χ3v) is 5.70. The van der Waals surface area contributed by atoms with Crippen molar-refractivity contribution in [3.8, 4) is 0 Å². The van der Waals surface area contributed by atoms with Crippen molar-refractivity contribution in [2.45, 2.75) is 24.8 Å². The molecule has 28 heavy (non-hydrogen) atoms. The molecule has 0 aliphatic carbocycles. The van der Waals surface area contributed by atoms with Crippen molar-refractivity contribution in [1.82, 2.24) is 9.88 Å². The standard InChI is InChI=1S/C22H21N3O2S/c26-20(24-22-23-13-15-28-22)18-12-7-14-25(18)21(27)19(16-8-3-1-4-9-16)17-10-5-2-6-11-17/h1-6,8-11,13,15,18-19H,7,12,14H2,(H,23,24,26). The fourth-order valence-electron chi connectivity index (χ4n) is 3.71. The number of thiazole rings is 1. The number of nitrogens with one attached hydrogen (secondary N) is 1. The van der Waals surface area contributed by atoms with E-state index in [2.05, 4.69) is 10.3 Å². The van der Waals surface area contributed by atoms with E-state index in [1.54, 1.807) is 11.1 Å². The number of anilines is 1. The number of hydrogen-bond donors (Lipinski definition) is 1. The van der Waals surface area contributed by atoms with Gasteiger partial charge in [-0.25, -0.2) is 4.98 Å². The van der Waals surface area contributed by atoms with E-state index in [0.29, 0.717) is 18.1 Å². The van der Waals surface area contributed by atoms with Gasteiger partial charge in [0.25, 0.3) is 0 Å². The third kappa shape index (κ3) is 3.82. The van der Waals surface area contributed by atoms with Crippen LogP contribution >= 0.6 is 11.3 Å². The average Bonchev–Trinajstić information content (AvgIpc) is 3.42. The zero-order chi connectivity index (χ0) is 19.3. The Hall–Kier alpha value is -2.99. The maximum atomic E-state index is 13.6. The van der Waals surface area contributed by atoms with E-state index in [0.717, 1.165) is 17.5 Å². The summed E-state index contributed by atoms with van der Waals surface area (Å²) in [7, 11) is 0. The van der Waals surface area contributed by atoms with Crippen molar-refractivity contribution in [2.24, 2.45) is 0 Å². The molecule has 1 fully saturated rings. The minimum Gasteiger partial charge on any atom is -0.330 e. The second-order valence-electron chi connectivity index (χ2n) is 6.77. The molecular weight excluding hydrogens is 370 g/mol. The molecule has 0 radical (unpaired) electrons. The molecule has 0 spiro atoms. The van der Waals surface area contributed by atoms with Gasteiger partial charge in [-0.15, -0.1) is 11.3 Å². The smallest absolute Gasteiger partial charge is 0.248 e. The van der Waals surface area contributed by atoms with Crippen LogP contribution in [0.5, 0.6) is 0 Å². The Kier molecular flexibility index (Phi) is 5.48. The summed E-state index contributed by atoms with van der Waals surface area (Å²) in [5, 5.41) is 5.22. The summed E-state index contributed by atoms with van der Waals surface area (Å²) in [6.45, 7) is 0.588. The van der Waals surface area contributed by atoms with E-state index < -0.39 is 12.0 Å². The number of amides is 2. The predicted octanol–water partition coefficient (Wildman–Crippen LogP) is 3.90.